The zero-order chi connectivity index (χ0) is 13.7. The number of halogens is 1. The molecule has 1 aromatic rings. The van der Waals surface area contributed by atoms with Crippen molar-refractivity contribution in [3.05, 3.63) is 5.28 Å². The summed E-state index contributed by atoms with van der Waals surface area (Å²) < 4.78 is 0. The fraction of sp³-hybridized carbons (Fsp3) is 0.600. The molecule has 7 nitrogen and oxygen atoms in total. The molecule has 0 aliphatic rings. The standard InChI is InChI=1S/C10H17ClN6O/c1-16(2)7(18)5-6-12-9-13-8(11)14-10(15-9)17(3)4/h5-6H2,1-4H3,(H,12,13,14,15). The lowest BCUT2D eigenvalue weighted by Gasteiger charge is -2.12. The largest absolute Gasteiger partial charge is 0.354 e. The van der Waals surface area contributed by atoms with Gasteiger partial charge in [0, 0.05) is 41.2 Å². The molecule has 0 saturated carbocycles. The minimum atomic E-state index is 0.0375. The maximum atomic E-state index is 11.4. The highest BCUT2D eigenvalue weighted by atomic mass is 35.5. The predicted octanol–water partition coefficient (Wildman–Crippen LogP) is 0.481. The Morgan fingerprint density at radius 3 is 2.44 bits per heavy atom. The van der Waals surface area contributed by atoms with Crippen molar-refractivity contribution < 1.29 is 4.79 Å². The summed E-state index contributed by atoms with van der Waals surface area (Å²) in [6, 6.07) is 0. The molecule has 18 heavy (non-hydrogen) atoms. The fourth-order valence-electron chi connectivity index (χ4n) is 1.12. The molecule has 1 rings (SSSR count). The molecule has 1 amide bonds. The molecule has 8 heteroatoms. The number of hydrogen-bond donors (Lipinski definition) is 1. The van der Waals surface area contributed by atoms with Crippen LogP contribution in [-0.2, 0) is 4.79 Å². The van der Waals surface area contributed by atoms with Crippen molar-refractivity contribution in [3.8, 4) is 0 Å². The lowest BCUT2D eigenvalue weighted by atomic mass is 10.4. The van der Waals surface area contributed by atoms with Crippen LogP contribution >= 0.6 is 11.6 Å². The number of anilines is 2. The molecule has 0 spiro atoms. The molecule has 0 saturated heterocycles. The van der Waals surface area contributed by atoms with Crippen molar-refractivity contribution in [1.82, 2.24) is 19.9 Å². The summed E-state index contributed by atoms with van der Waals surface area (Å²) in [5, 5.41) is 3.07. The van der Waals surface area contributed by atoms with Crippen LogP contribution in [0.25, 0.3) is 0 Å². The Morgan fingerprint density at radius 2 is 1.89 bits per heavy atom. The Morgan fingerprint density at radius 1 is 1.22 bits per heavy atom. The third-order valence-corrected chi connectivity index (χ3v) is 2.29. The monoisotopic (exact) mass is 272 g/mol. The number of nitrogens with zero attached hydrogens (tertiary/aromatic N) is 5. The molecule has 0 unspecified atom stereocenters. The highest BCUT2D eigenvalue weighted by molar-refractivity contribution is 6.28. The molecule has 0 radical (unpaired) electrons. The highest BCUT2D eigenvalue weighted by Gasteiger charge is 2.07. The van der Waals surface area contributed by atoms with Gasteiger partial charge in [0.25, 0.3) is 0 Å². The number of rotatable bonds is 5. The molecule has 1 aromatic heterocycles. The molecule has 0 aliphatic heterocycles. The summed E-state index contributed by atoms with van der Waals surface area (Å²) in [5.74, 6) is 0.872. The number of aromatic nitrogens is 3. The fourth-order valence-corrected chi connectivity index (χ4v) is 1.28. The van der Waals surface area contributed by atoms with Crippen LogP contribution in [0, 0.1) is 0 Å². The summed E-state index contributed by atoms with van der Waals surface area (Å²) in [4.78, 5) is 26.7. The van der Waals surface area contributed by atoms with E-state index in [1.54, 1.807) is 19.0 Å². The van der Waals surface area contributed by atoms with Gasteiger partial charge in [0.1, 0.15) is 0 Å². The van der Waals surface area contributed by atoms with Gasteiger partial charge in [-0.25, -0.2) is 0 Å². The van der Waals surface area contributed by atoms with Crippen molar-refractivity contribution in [2.24, 2.45) is 0 Å². The first-order valence-corrected chi connectivity index (χ1v) is 5.81. The number of carbonyl (C=O) groups excluding carboxylic acids is 1. The topological polar surface area (TPSA) is 74.2 Å². The first-order valence-electron chi connectivity index (χ1n) is 5.43. The van der Waals surface area contributed by atoms with Gasteiger partial charge in [-0.3, -0.25) is 4.79 Å². The Kier molecular flexibility index (Phi) is 5.08. The highest BCUT2D eigenvalue weighted by Crippen LogP contribution is 2.11. The molecule has 100 valence electrons. The van der Waals surface area contributed by atoms with E-state index in [0.717, 1.165) is 0 Å². The van der Waals surface area contributed by atoms with Crippen LogP contribution in [0.4, 0.5) is 11.9 Å². The number of nitrogens with one attached hydrogen (secondary N) is 1. The molecule has 1 heterocycles. The SMILES string of the molecule is CN(C)C(=O)CCNc1nc(Cl)nc(N(C)C)n1. The summed E-state index contributed by atoms with van der Waals surface area (Å²) in [6.45, 7) is 0.449. The van der Waals surface area contributed by atoms with Crippen LogP contribution < -0.4 is 10.2 Å². The van der Waals surface area contributed by atoms with E-state index < -0.39 is 0 Å². The number of carbonyl (C=O) groups is 1. The second-order valence-electron chi connectivity index (χ2n) is 4.09. The van der Waals surface area contributed by atoms with E-state index in [-0.39, 0.29) is 11.2 Å². The molecule has 0 bridgehead atoms. The van der Waals surface area contributed by atoms with Gasteiger partial charge in [-0.2, -0.15) is 15.0 Å². The van der Waals surface area contributed by atoms with Gasteiger partial charge in [-0.15, -0.1) is 0 Å². The minimum absolute atomic E-state index is 0.0375. The third-order valence-electron chi connectivity index (χ3n) is 2.12. The van der Waals surface area contributed by atoms with E-state index in [2.05, 4.69) is 20.3 Å². The first kappa shape index (κ1) is 14.4. The van der Waals surface area contributed by atoms with Crippen molar-refractivity contribution in [1.29, 1.82) is 0 Å². The van der Waals surface area contributed by atoms with Crippen molar-refractivity contribution in [3.63, 3.8) is 0 Å². The number of hydrogen-bond acceptors (Lipinski definition) is 6. The maximum absolute atomic E-state index is 11.4. The van der Waals surface area contributed by atoms with Crippen molar-refractivity contribution in [2.45, 2.75) is 6.42 Å². The van der Waals surface area contributed by atoms with E-state index in [9.17, 15) is 4.79 Å². The van der Waals surface area contributed by atoms with E-state index in [1.165, 1.54) is 4.90 Å². The van der Waals surface area contributed by atoms with Gasteiger partial charge >= 0.3 is 0 Å². The second-order valence-corrected chi connectivity index (χ2v) is 4.43. The van der Waals surface area contributed by atoms with Gasteiger partial charge in [-0.05, 0) is 11.6 Å². The van der Waals surface area contributed by atoms with Gasteiger partial charge in [0.15, 0.2) is 0 Å². The van der Waals surface area contributed by atoms with E-state index in [1.807, 2.05) is 14.1 Å². The predicted molar refractivity (Wildman–Crippen MR) is 71.0 cm³/mol. The summed E-state index contributed by atoms with van der Waals surface area (Å²) in [6.07, 6.45) is 0.369. The lowest BCUT2D eigenvalue weighted by molar-refractivity contribution is -0.128. The van der Waals surface area contributed by atoms with Crippen LogP contribution in [0.15, 0.2) is 0 Å². The summed E-state index contributed by atoms with van der Waals surface area (Å²) in [7, 11) is 7.05. The van der Waals surface area contributed by atoms with Gasteiger partial charge in [-0.1, -0.05) is 0 Å². The molecule has 0 aromatic carbocycles. The summed E-state index contributed by atoms with van der Waals surface area (Å²) >= 11 is 5.78. The lowest BCUT2D eigenvalue weighted by Crippen LogP contribution is -2.24. The van der Waals surface area contributed by atoms with Crippen molar-refractivity contribution in [2.75, 3.05) is 45.0 Å². The molecular weight excluding hydrogens is 256 g/mol. The average Bonchev–Trinajstić information content (AvgIpc) is 2.27. The maximum Gasteiger partial charge on any atom is 0.230 e. The normalized spacial score (nSPS) is 10.1. The molecule has 0 atom stereocenters. The van der Waals surface area contributed by atoms with Crippen LogP contribution in [0.2, 0.25) is 5.28 Å². The third kappa shape index (κ3) is 4.33. The Hall–Kier alpha value is -1.63. The Bertz CT molecular complexity index is 423. The van der Waals surface area contributed by atoms with E-state index >= 15 is 0 Å². The van der Waals surface area contributed by atoms with Crippen LogP contribution in [0.3, 0.4) is 0 Å². The minimum Gasteiger partial charge on any atom is -0.354 e. The molecular formula is C10H17ClN6O. The number of amides is 1. The zero-order valence-electron chi connectivity index (χ0n) is 10.9. The van der Waals surface area contributed by atoms with Crippen LogP contribution in [0.1, 0.15) is 6.42 Å². The summed E-state index contributed by atoms with van der Waals surface area (Å²) in [5.41, 5.74) is 0. The van der Waals surface area contributed by atoms with Gasteiger partial charge < -0.3 is 15.1 Å². The van der Waals surface area contributed by atoms with Crippen molar-refractivity contribution >= 4 is 29.4 Å². The zero-order valence-corrected chi connectivity index (χ0v) is 11.7. The molecule has 1 N–H and O–H groups in total. The Balaban J connectivity index is 2.60. The smallest absolute Gasteiger partial charge is 0.230 e. The average molecular weight is 273 g/mol. The van der Waals surface area contributed by atoms with E-state index in [0.29, 0.717) is 24.9 Å². The molecule has 0 aliphatic carbocycles. The Labute approximate surface area is 111 Å². The van der Waals surface area contributed by atoms with E-state index in [4.69, 9.17) is 11.6 Å². The van der Waals surface area contributed by atoms with Gasteiger partial charge in [0.05, 0.1) is 0 Å². The van der Waals surface area contributed by atoms with Gasteiger partial charge in [0.2, 0.25) is 23.1 Å². The first-order chi connectivity index (χ1) is 8.40. The van der Waals surface area contributed by atoms with Crippen LogP contribution in [-0.4, -0.2) is 60.5 Å². The van der Waals surface area contributed by atoms with Crippen LogP contribution in [0.5, 0.6) is 0 Å². The second kappa shape index (κ2) is 6.34. The quantitative estimate of drug-likeness (QED) is 0.840. The molecule has 0 fully saturated rings.